The lowest BCUT2D eigenvalue weighted by atomic mass is 10.0. The molecular formula is C10H13NO3S. The molecule has 1 unspecified atom stereocenters. The van der Waals surface area contributed by atoms with E-state index in [4.69, 9.17) is 10.8 Å². The van der Waals surface area contributed by atoms with Gasteiger partial charge in [0.25, 0.3) is 0 Å². The Bertz CT molecular complexity index is 392. The number of carbonyl (C=O) groups is 1. The SMILES string of the molecule is CSc1cc(C)c(O)cc1C(N)C(=O)O. The van der Waals surface area contributed by atoms with E-state index in [2.05, 4.69) is 0 Å². The highest BCUT2D eigenvalue weighted by molar-refractivity contribution is 7.98. The van der Waals surface area contributed by atoms with Crippen molar-refractivity contribution in [2.24, 2.45) is 5.73 Å². The standard InChI is InChI=1S/C10H13NO3S/c1-5-3-8(15-2)6(4-7(5)12)9(11)10(13)14/h3-4,9,12H,11H2,1-2H3,(H,13,14). The van der Waals surface area contributed by atoms with Gasteiger partial charge in [-0.1, -0.05) is 0 Å². The Kier molecular flexibility index (Phi) is 3.60. The zero-order valence-corrected chi connectivity index (χ0v) is 9.34. The summed E-state index contributed by atoms with van der Waals surface area (Å²) in [5.41, 5.74) is 6.66. The quantitative estimate of drug-likeness (QED) is 0.682. The maximum atomic E-state index is 10.7. The number of rotatable bonds is 3. The summed E-state index contributed by atoms with van der Waals surface area (Å²) in [7, 11) is 0. The molecule has 0 aliphatic heterocycles. The molecule has 0 saturated carbocycles. The first-order chi connectivity index (χ1) is 6.97. The van der Waals surface area contributed by atoms with E-state index in [0.717, 1.165) is 4.90 Å². The maximum absolute atomic E-state index is 10.7. The van der Waals surface area contributed by atoms with Crippen molar-refractivity contribution in [1.29, 1.82) is 0 Å². The fraction of sp³-hybridized carbons (Fsp3) is 0.300. The van der Waals surface area contributed by atoms with Crippen LogP contribution < -0.4 is 5.73 Å². The summed E-state index contributed by atoms with van der Waals surface area (Å²) in [6.45, 7) is 1.76. The van der Waals surface area contributed by atoms with Crippen LogP contribution in [-0.4, -0.2) is 22.4 Å². The molecule has 1 rings (SSSR count). The molecule has 0 bridgehead atoms. The molecule has 1 atom stereocenters. The van der Waals surface area contributed by atoms with E-state index in [1.165, 1.54) is 17.8 Å². The van der Waals surface area contributed by atoms with Gasteiger partial charge in [-0.15, -0.1) is 11.8 Å². The second kappa shape index (κ2) is 4.55. The van der Waals surface area contributed by atoms with E-state index >= 15 is 0 Å². The summed E-state index contributed by atoms with van der Waals surface area (Å²) in [5, 5.41) is 18.3. The topological polar surface area (TPSA) is 83.5 Å². The molecule has 0 saturated heterocycles. The molecule has 1 aromatic carbocycles. The van der Waals surface area contributed by atoms with Gasteiger partial charge in [0.2, 0.25) is 0 Å². The number of phenols is 1. The molecule has 0 spiro atoms. The molecule has 0 aliphatic carbocycles. The van der Waals surface area contributed by atoms with Crippen LogP contribution in [0.25, 0.3) is 0 Å². The van der Waals surface area contributed by atoms with Crippen LogP contribution in [0.3, 0.4) is 0 Å². The smallest absolute Gasteiger partial charge is 0.325 e. The van der Waals surface area contributed by atoms with E-state index in [0.29, 0.717) is 11.1 Å². The van der Waals surface area contributed by atoms with E-state index < -0.39 is 12.0 Å². The summed E-state index contributed by atoms with van der Waals surface area (Å²) in [6, 6.07) is 2.05. The van der Waals surface area contributed by atoms with Crippen LogP contribution >= 0.6 is 11.8 Å². The molecule has 0 aromatic heterocycles. The number of thioether (sulfide) groups is 1. The molecule has 5 heteroatoms. The number of carboxylic acids is 1. The van der Waals surface area contributed by atoms with E-state index in [1.807, 2.05) is 6.26 Å². The second-order valence-corrected chi connectivity index (χ2v) is 4.04. The van der Waals surface area contributed by atoms with Crippen molar-refractivity contribution in [3.63, 3.8) is 0 Å². The van der Waals surface area contributed by atoms with Crippen molar-refractivity contribution in [2.45, 2.75) is 17.9 Å². The summed E-state index contributed by atoms with van der Waals surface area (Å²) in [5.74, 6) is -1.03. The van der Waals surface area contributed by atoms with Crippen molar-refractivity contribution in [1.82, 2.24) is 0 Å². The zero-order chi connectivity index (χ0) is 11.6. The fourth-order valence-electron chi connectivity index (χ4n) is 1.24. The minimum absolute atomic E-state index is 0.0690. The molecule has 82 valence electrons. The average molecular weight is 227 g/mol. The highest BCUT2D eigenvalue weighted by Gasteiger charge is 2.19. The number of nitrogens with two attached hydrogens (primary N) is 1. The molecule has 0 heterocycles. The Labute approximate surface area is 92.1 Å². The lowest BCUT2D eigenvalue weighted by Crippen LogP contribution is -2.21. The van der Waals surface area contributed by atoms with Gasteiger partial charge in [0.1, 0.15) is 11.8 Å². The molecular weight excluding hydrogens is 214 g/mol. The molecule has 0 radical (unpaired) electrons. The minimum Gasteiger partial charge on any atom is -0.508 e. The molecule has 0 aliphatic rings. The van der Waals surface area contributed by atoms with Crippen LogP contribution in [0.2, 0.25) is 0 Å². The van der Waals surface area contributed by atoms with Crippen LogP contribution in [0, 0.1) is 6.92 Å². The molecule has 0 fully saturated rings. The van der Waals surface area contributed by atoms with Gasteiger partial charge in [-0.2, -0.15) is 0 Å². The first kappa shape index (κ1) is 11.9. The molecule has 4 N–H and O–H groups in total. The Morgan fingerprint density at radius 3 is 2.60 bits per heavy atom. The summed E-state index contributed by atoms with van der Waals surface area (Å²) in [4.78, 5) is 11.5. The number of hydrogen-bond donors (Lipinski definition) is 3. The highest BCUT2D eigenvalue weighted by Crippen LogP contribution is 2.31. The predicted molar refractivity (Wildman–Crippen MR) is 59.2 cm³/mol. The second-order valence-electron chi connectivity index (χ2n) is 3.20. The highest BCUT2D eigenvalue weighted by atomic mass is 32.2. The third kappa shape index (κ3) is 2.43. The van der Waals surface area contributed by atoms with E-state index in [9.17, 15) is 9.90 Å². The number of aromatic hydroxyl groups is 1. The van der Waals surface area contributed by atoms with Crippen LogP contribution in [0.5, 0.6) is 5.75 Å². The monoisotopic (exact) mass is 227 g/mol. The number of benzene rings is 1. The largest absolute Gasteiger partial charge is 0.508 e. The Morgan fingerprint density at radius 1 is 1.53 bits per heavy atom. The van der Waals surface area contributed by atoms with Crippen LogP contribution in [-0.2, 0) is 4.79 Å². The first-order valence-electron chi connectivity index (χ1n) is 4.33. The summed E-state index contributed by atoms with van der Waals surface area (Å²) in [6.07, 6.45) is 1.84. The maximum Gasteiger partial charge on any atom is 0.325 e. The third-order valence-corrected chi connectivity index (χ3v) is 2.94. The Balaban J connectivity index is 3.27. The van der Waals surface area contributed by atoms with E-state index in [1.54, 1.807) is 13.0 Å². The van der Waals surface area contributed by atoms with E-state index in [-0.39, 0.29) is 5.75 Å². The lowest BCUT2D eigenvalue weighted by molar-refractivity contribution is -0.138. The molecule has 1 aromatic rings. The van der Waals surface area contributed by atoms with Gasteiger partial charge in [-0.05, 0) is 36.4 Å². The van der Waals surface area contributed by atoms with Gasteiger partial charge in [-0.3, -0.25) is 4.79 Å². The van der Waals surface area contributed by atoms with Crippen LogP contribution in [0.4, 0.5) is 0 Å². The van der Waals surface area contributed by atoms with Crippen molar-refractivity contribution < 1.29 is 15.0 Å². The third-order valence-electron chi connectivity index (χ3n) is 2.15. The summed E-state index contributed by atoms with van der Waals surface area (Å²) < 4.78 is 0. The van der Waals surface area contributed by atoms with Crippen LogP contribution in [0.1, 0.15) is 17.2 Å². The van der Waals surface area contributed by atoms with Crippen molar-refractivity contribution in [3.05, 3.63) is 23.3 Å². The van der Waals surface area contributed by atoms with Gasteiger partial charge < -0.3 is 15.9 Å². The van der Waals surface area contributed by atoms with Gasteiger partial charge in [0.15, 0.2) is 0 Å². The number of aryl methyl sites for hydroxylation is 1. The Hall–Kier alpha value is -1.20. The van der Waals surface area contributed by atoms with Crippen molar-refractivity contribution in [2.75, 3.05) is 6.26 Å². The molecule has 15 heavy (non-hydrogen) atoms. The summed E-state index contributed by atoms with van der Waals surface area (Å²) >= 11 is 1.41. The Morgan fingerprint density at radius 2 is 2.13 bits per heavy atom. The lowest BCUT2D eigenvalue weighted by Gasteiger charge is -2.13. The van der Waals surface area contributed by atoms with Gasteiger partial charge in [0.05, 0.1) is 0 Å². The zero-order valence-electron chi connectivity index (χ0n) is 8.52. The number of phenolic OH excluding ortho intramolecular Hbond substituents is 1. The van der Waals surface area contributed by atoms with Crippen LogP contribution in [0.15, 0.2) is 17.0 Å². The predicted octanol–water partition coefficient (Wildman–Crippen LogP) is 1.51. The number of aliphatic carboxylic acids is 1. The van der Waals surface area contributed by atoms with Gasteiger partial charge in [-0.25, -0.2) is 0 Å². The minimum atomic E-state index is -1.10. The number of hydrogen-bond acceptors (Lipinski definition) is 4. The molecule has 4 nitrogen and oxygen atoms in total. The number of carboxylic acid groups (broad SMARTS) is 1. The van der Waals surface area contributed by atoms with Crippen molar-refractivity contribution in [3.8, 4) is 5.75 Å². The average Bonchev–Trinajstić information content (AvgIpc) is 2.20. The fourth-order valence-corrected chi connectivity index (χ4v) is 1.96. The van der Waals surface area contributed by atoms with Gasteiger partial charge in [0, 0.05) is 4.90 Å². The van der Waals surface area contributed by atoms with Crippen molar-refractivity contribution >= 4 is 17.7 Å². The normalized spacial score (nSPS) is 12.5. The first-order valence-corrected chi connectivity index (χ1v) is 5.55. The van der Waals surface area contributed by atoms with Gasteiger partial charge >= 0.3 is 5.97 Å². The molecule has 0 amide bonds.